The molecule has 0 spiro atoms. The van der Waals surface area contributed by atoms with Crippen LogP contribution in [0, 0.1) is 0 Å². The van der Waals surface area contributed by atoms with Crippen LogP contribution >= 0.6 is 0 Å². The van der Waals surface area contributed by atoms with Gasteiger partial charge < -0.3 is 29.4 Å². The van der Waals surface area contributed by atoms with Crippen molar-refractivity contribution in [1.29, 1.82) is 0 Å². The molecule has 2 aromatic rings. The molecule has 0 aromatic heterocycles. The van der Waals surface area contributed by atoms with Gasteiger partial charge in [0.2, 0.25) is 11.7 Å². The topological polar surface area (TPSA) is 103 Å². The minimum atomic E-state index is -0.392. The number of phenols is 1. The van der Waals surface area contributed by atoms with Crippen LogP contribution in [0.2, 0.25) is 0 Å². The molecule has 2 aromatic carbocycles. The van der Waals surface area contributed by atoms with Crippen LogP contribution in [-0.4, -0.2) is 45.2 Å². The first-order valence-electron chi connectivity index (χ1n) is 10.6. The number of ether oxygens (including phenoxy) is 4. The van der Waals surface area contributed by atoms with Gasteiger partial charge in [0.15, 0.2) is 28.8 Å². The number of methoxy groups -OCH3 is 4. The zero-order chi connectivity index (χ0) is 23.7. The molecule has 33 heavy (non-hydrogen) atoms. The number of aromatic hydroxyl groups is 1. The molecule has 1 heterocycles. The molecule has 0 bridgehead atoms. The quantitative estimate of drug-likeness (QED) is 0.691. The molecule has 2 aliphatic rings. The zero-order valence-corrected chi connectivity index (χ0v) is 19.1. The number of rotatable bonds is 6. The normalized spacial score (nSPS) is 20.1. The molecule has 0 radical (unpaired) electrons. The third-order valence-electron chi connectivity index (χ3n) is 6.30. The molecular weight excluding hydrogens is 426 g/mol. The number of phenolic OH excluding ortho intramolecular Hbond substituents is 1. The van der Waals surface area contributed by atoms with Gasteiger partial charge in [-0.25, -0.2) is 0 Å². The second-order valence-electron chi connectivity index (χ2n) is 8.12. The highest BCUT2D eigenvalue weighted by atomic mass is 16.5. The maximum absolute atomic E-state index is 13.4. The van der Waals surface area contributed by atoms with Crippen LogP contribution in [0.25, 0.3) is 0 Å². The standard InChI is InChI=1S/C25H27NO7/c1-30-20-9-13(5-6-18(20)27)16-12-23(29)26-17-7-14(8-19(28)24(16)17)15-10-21(31-2)25(33-4)22(11-15)32-3/h5-6,9-11,14,16,27H,7-8,12H2,1-4H3,(H,26,29). The maximum Gasteiger partial charge on any atom is 0.225 e. The Labute approximate surface area is 192 Å². The van der Waals surface area contributed by atoms with Crippen LogP contribution in [0.5, 0.6) is 28.7 Å². The van der Waals surface area contributed by atoms with Gasteiger partial charge in [-0.15, -0.1) is 0 Å². The molecule has 8 nitrogen and oxygen atoms in total. The molecule has 2 N–H and O–H groups in total. The van der Waals surface area contributed by atoms with E-state index in [-0.39, 0.29) is 29.8 Å². The number of allylic oxidation sites excluding steroid dienone is 2. The Morgan fingerprint density at radius 3 is 2.06 bits per heavy atom. The fraction of sp³-hybridized carbons (Fsp3) is 0.360. The molecule has 4 rings (SSSR count). The lowest BCUT2D eigenvalue weighted by molar-refractivity contribution is -0.122. The van der Waals surface area contributed by atoms with Crippen LogP contribution in [0.1, 0.15) is 42.2 Å². The van der Waals surface area contributed by atoms with E-state index < -0.39 is 5.92 Å². The summed E-state index contributed by atoms with van der Waals surface area (Å²) in [5.41, 5.74) is 2.88. The van der Waals surface area contributed by atoms with E-state index in [1.54, 1.807) is 26.4 Å². The van der Waals surface area contributed by atoms with Gasteiger partial charge in [-0.05, 0) is 47.7 Å². The molecule has 1 aliphatic carbocycles. The molecule has 1 amide bonds. The highest BCUT2D eigenvalue weighted by Gasteiger charge is 2.38. The number of carbonyl (C=O) groups excluding carboxylic acids is 2. The number of carbonyl (C=O) groups is 2. The van der Waals surface area contributed by atoms with Crippen molar-refractivity contribution in [2.45, 2.75) is 31.1 Å². The molecule has 0 fully saturated rings. The molecule has 2 unspecified atom stereocenters. The smallest absolute Gasteiger partial charge is 0.225 e. The lowest BCUT2D eigenvalue weighted by atomic mass is 9.73. The summed E-state index contributed by atoms with van der Waals surface area (Å²) in [5, 5.41) is 12.9. The number of benzene rings is 2. The fourth-order valence-electron chi connectivity index (χ4n) is 4.73. The monoisotopic (exact) mass is 453 g/mol. The van der Waals surface area contributed by atoms with Gasteiger partial charge in [0.25, 0.3) is 0 Å². The van der Waals surface area contributed by atoms with Gasteiger partial charge in [0, 0.05) is 30.0 Å². The first-order chi connectivity index (χ1) is 15.9. The van der Waals surface area contributed by atoms with Gasteiger partial charge in [-0.3, -0.25) is 9.59 Å². The van der Waals surface area contributed by atoms with Crippen molar-refractivity contribution >= 4 is 11.7 Å². The Morgan fingerprint density at radius 2 is 1.45 bits per heavy atom. The molecule has 0 saturated carbocycles. The predicted molar refractivity (Wildman–Crippen MR) is 120 cm³/mol. The molecule has 0 saturated heterocycles. The maximum atomic E-state index is 13.4. The van der Waals surface area contributed by atoms with Crippen molar-refractivity contribution in [2.24, 2.45) is 0 Å². The second kappa shape index (κ2) is 9.05. The molecule has 174 valence electrons. The van der Waals surface area contributed by atoms with Crippen molar-refractivity contribution in [2.75, 3.05) is 28.4 Å². The molecule has 1 aliphatic heterocycles. The largest absolute Gasteiger partial charge is 0.504 e. The average molecular weight is 453 g/mol. The summed E-state index contributed by atoms with van der Waals surface area (Å²) in [6.45, 7) is 0. The van der Waals surface area contributed by atoms with Crippen LogP contribution in [0.4, 0.5) is 0 Å². The molecule has 2 atom stereocenters. The number of nitrogens with one attached hydrogen (secondary N) is 1. The van der Waals surface area contributed by atoms with E-state index in [9.17, 15) is 14.7 Å². The summed E-state index contributed by atoms with van der Waals surface area (Å²) in [6.07, 6.45) is 0.948. The van der Waals surface area contributed by atoms with E-state index in [1.165, 1.54) is 20.3 Å². The van der Waals surface area contributed by atoms with E-state index in [2.05, 4.69) is 5.32 Å². The van der Waals surface area contributed by atoms with E-state index in [0.717, 1.165) is 11.1 Å². The lowest BCUT2D eigenvalue weighted by Gasteiger charge is -2.34. The van der Waals surface area contributed by atoms with E-state index in [0.29, 0.717) is 47.1 Å². The Balaban J connectivity index is 1.73. The number of hydrogen-bond acceptors (Lipinski definition) is 7. The van der Waals surface area contributed by atoms with Crippen molar-refractivity contribution in [3.63, 3.8) is 0 Å². The van der Waals surface area contributed by atoms with E-state index in [1.807, 2.05) is 12.1 Å². The minimum Gasteiger partial charge on any atom is -0.504 e. The summed E-state index contributed by atoms with van der Waals surface area (Å²) in [5.74, 6) is 1.11. The van der Waals surface area contributed by atoms with Gasteiger partial charge >= 0.3 is 0 Å². The number of amides is 1. The van der Waals surface area contributed by atoms with Crippen LogP contribution in [0.3, 0.4) is 0 Å². The van der Waals surface area contributed by atoms with E-state index >= 15 is 0 Å². The third-order valence-corrected chi connectivity index (χ3v) is 6.30. The Morgan fingerprint density at radius 1 is 0.818 bits per heavy atom. The highest BCUT2D eigenvalue weighted by Crippen LogP contribution is 2.46. The first-order valence-corrected chi connectivity index (χ1v) is 10.6. The lowest BCUT2D eigenvalue weighted by Crippen LogP contribution is -2.38. The van der Waals surface area contributed by atoms with Gasteiger partial charge in [0.1, 0.15) is 0 Å². The third kappa shape index (κ3) is 4.08. The van der Waals surface area contributed by atoms with Crippen molar-refractivity contribution in [3.05, 3.63) is 52.7 Å². The number of ketones is 1. The van der Waals surface area contributed by atoms with Gasteiger partial charge in [-0.2, -0.15) is 0 Å². The van der Waals surface area contributed by atoms with Gasteiger partial charge in [-0.1, -0.05) is 6.07 Å². The molecule has 8 heteroatoms. The van der Waals surface area contributed by atoms with Crippen LogP contribution in [0.15, 0.2) is 41.6 Å². The van der Waals surface area contributed by atoms with Crippen molar-refractivity contribution < 1.29 is 33.6 Å². The average Bonchev–Trinajstić information content (AvgIpc) is 2.82. The minimum absolute atomic E-state index is 0.00755. The second-order valence-corrected chi connectivity index (χ2v) is 8.12. The Kier molecular flexibility index (Phi) is 6.18. The Hall–Kier alpha value is -3.68. The summed E-state index contributed by atoms with van der Waals surface area (Å²) in [6, 6.07) is 8.62. The van der Waals surface area contributed by atoms with E-state index in [4.69, 9.17) is 18.9 Å². The Bertz CT molecular complexity index is 1110. The van der Waals surface area contributed by atoms with Crippen molar-refractivity contribution in [1.82, 2.24) is 5.32 Å². The SMILES string of the molecule is COc1cc(C2CC(=O)NC3=C2C(=O)CC(c2cc(OC)c(OC)c(OC)c2)C3)ccc1O. The number of Topliss-reactive ketones (excluding diaryl/α,β-unsaturated/α-hetero) is 1. The van der Waals surface area contributed by atoms with Crippen molar-refractivity contribution in [3.8, 4) is 28.7 Å². The van der Waals surface area contributed by atoms with Gasteiger partial charge in [0.05, 0.1) is 28.4 Å². The summed E-state index contributed by atoms with van der Waals surface area (Å²) in [7, 11) is 6.10. The van der Waals surface area contributed by atoms with Crippen LogP contribution < -0.4 is 24.3 Å². The fourth-order valence-corrected chi connectivity index (χ4v) is 4.73. The predicted octanol–water partition coefficient (Wildman–Crippen LogP) is 3.43. The number of hydrogen-bond donors (Lipinski definition) is 2. The summed E-state index contributed by atoms with van der Waals surface area (Å²) in [4.78, 5) is 25.9. The highest BCUT2D eigenvalue weighted by molar-refractivity contribution is 6.02. The summed E-state index contributed by atoms with van der Waals surface area (Å²) >= 11 is 0. The van der Waals surface area contributed by atoms with Crippen LogP contribution in [-0.2, 0) is 9.59 Å². The molecular formula is C25H27NO7. The summed E-state index contributed by atoms with van der Waals surface area (Å²) < 4.78 is 21.5. The first kappa shape index (κ1) is 22.5. The zero-order valence-electron chi connectivity index (χ0n) is 19.1.